The number of furan rings is 1. The average molecular weight is 586 g/mol. The molecule has 7 aromatic rings. The van der Waals surface area contributed by atoms with Gasteiger partial charge in [0.15, 0.2) is 17.5 Å². The predicted octanol–water partition coefficient (Wildman–Crippen LogP) is 10.8. The van der Waals surface area contributed by atoms with Crippen LogP contribution in [0, 0.1) is 0 Å². The van der Waals surface area contributed by atoms with Gasteiger partial charge in [-0.3, -0.25) is 0 Å². The number of fused-ring (bicyclic) bond motifs is 4. The molecule has 0 N–H and O–H groups in total. The third-order valence-electron chi connectivity index (χ3n) is 9.64. The molecule has 0 saturated heterocycles. The summed E-state index contributed by atoms with van der Waals surface area (Å²) < 4.78 is 6.42. The first-order valence-corrected chi connectivity index (χ1v) is 15.7. The topological polar surface area (TPSA) is 51.8 Å². The predicted molar refractivity (Wildman–Crippen MR) is 184 cm³/mol. The Balaban J connectivity index is 1.32. The van der Waals surface area contributed by atoms with Crippen LogP contribution in [0.25, 0.3) is 67.2 Å². The molecule has 1 aliphatic rings. The number of rotatable bonds is 4. The Morgan fingerprint density at radius 3 is 1.84 bits per heavy atom. The number of hydrogen-bond donors (Lipinski definition) is 0. The molecule has 0 bridgehead atoms. The molecule has 2 aromatic heterocycles. The third-order valence-corrected chi connectivity index (χ3v) is 9.64. The zero-order chi connectivity index (χ0) is 30.8. The highest BCUT2D eigenvalue weighted by molar-refractivity contribution is 6.09. The van der Waals surface area contributed by atoms with Crippen molar-refractivity contribution < 1.29 is 4.42 Å². The number of para-hydroxylation sites is 2. The Bertz CT molecular complexity index is 2210. The van der Waals surface area contributed by atoms with Crippen LogP contribution in [-0.4, -0.2) is 15.0 Å². The second kappa shape index (κ2) is 10.2. The normalized spacial score (nSPS) is 15.3. The van der Waals surface area contributed by atoms with E-state index in [9.17, 15) is 0 Å². The van der Waals surface area contributed by atoms with Crippen molar-refractivity contribution in [2.24, 2.45) is 0 Å². The highest BCUT2D eigenvalue weighted by atomic mass is 16.3. The highest BCUT2D eigenvalue weighted by Crippen LogP contribution is 2.47. The quantitative estimate of drug-likeness (QED) is 0.206. The first-order chi connectivity index (χ1) is 21.8. The Morgan fingerprint density at radius 2 is 1.07 bits per heavy atom. The third kappa shape index (κ3) is 4.73. The van der Waals surface area contributed by atoms with Gasteiger partial charge in [0, 0.05) is 21.9 Å². The molecular weight excluding hydrogens is 550 g/mol. The van der Waals surface area contributed by atoms with Crippen molar-refractivity contribution in [2.75, 3.05) is 0 Å². The van der Waals surface area contributed by atoms with E-state index in [1.165, 1.54) is 23.1 Å². The van der Waals surface area contributed by atoms with E-state index in [-0.39, 0.29) is 10.8 Å². The van der Waals surface area contributed by atoms with Crippen molar-refractivity contribution in [3.8, 4) is 45.3 Å². The number of nitrogens with zero attached hydrogens (tertiary/aromatic N) is 3. The lowest BCUT2D eigenvalue weighted by Gasteiger charge is -2.42. The minimum Gasteiger partial charge on any atom is -0.455 e. The van der Waals surface area contributed by atoms with Gasteiger partial charge in [-0.05, 0) is 64.1 Å². The minimum atomic E-state index is 0.0761. The summed E-state index contributed by atoms with van der Waals surface area (Å²) in [6.45, 7) is 9.41. The highest BCUT2D eigenvalue weighted by Gasteiger charge is 2.37. The van der Waals surface area contributed by atoms with Gasteiger partial charge in [0.2, 0.25) is 0 Å². The van der Waals surface area contributed by atoms with Crippen molar-refractivity contribution >= 4 is 21.9 Å². The van der Waals surface area contributed by atoms with Gasteiger partial charge in [0.05, 0.1) is 5.56 Å². The van der Waals surface area contributed by atoms with Crippen LogP contribution in [0.4, 0.5) is 0 Å². The van der Waals surface area contributed by atoms with Gasteiger partial charge < -0.3 is 4.42 Å². The molecule has 0 fully saturated rings. The van der Waals surface area contributed by atoms with E-state index in [1.807, 2.05) is 30.3 Å². The maximum Gasteiger partial charge on any atom is 0.167 e. The molecule has 4 nitrogen and oxygen atoms in total. The minimum absolute atomic E-state index is 0.0761. The molecule has 4 heteroatoms. The van der Waals surface area contributed by atoms with Crippen LogP contribution < -0.4 is 0 Å². The van der Waals surface area contributed by atoms with Gasteiger partial charge in [0.1, 0.15) is 11.2 Å². The molecule has 0 saturated carbocycles. The van der Waals surface area contributed by atoms with Crippen LogP contribution in [0.15, 0.2) is 120 Å². The van der Waals surface area contributed by atoms with Gasteiger partial charge in [-0.25, -0.2) is 15.0 Å². The zero-order valence-corrected chi connectivity index (χ0v) is 26.1. The molecule has 0 radical (unpaired) electrons. The van der Waals surface area contributed by atoms with Crippen molar-refractivity contribution in [1.29, 1.82) is 0 Å². The van der Waals surface area contributed by atoms with Crippen LogP contribution in [-0.2, 0) is 10.8 Å². The lowest BCUT2D eigenvalue weighted by atomic mass is 9.63. The average Bonchev–Trinajstić information content (AvgIpc) is 3.46. The molecule has 0 spiro atoms. The van der Waals surface area contributed by atoms with Crippen molar-refractivity contribution in [3.63, 3.8) is 0 Å². The second-order valence-electron chi connectivity index (χ2n) is 13.6. The van der Waals surface area contributed by atoms with Gasteiger partial charge in [0.25, 0.3) is 0 Å². The van der Waals surface area contributed by atoms with Crippen LogP contribution in [0.2, 0.25) is 0 Å². The standard InChI is InChI=1S/C41H35N3O/c1-40(2)23-24-41(3,4)34-25-29(21-22-33(34)40)38-42-37(28-19-17-27(18-20-28)26-11-6-5-7-12-26)43-39(44-38)32-15-10-14-31-30-13-8-9-16-35(30)45-36(31)32/h5-22,25H,23-24H2,1-4H3. The monoisotopic (exact) mass is 585 g/mol. The van der Waals surface area contributed by atoms with E-state index in [1.54, 1.807) is 0 Å². The Labute approximate surface area is 263 Å². The molecule has 0 aliphatic heterocycles. The first kappa shape index (κ1) is 27.5. The summed E-state index contributed by atoms with van der Waals surface area (Å²) in [6, 6.07) is 40.0. The van der Waals surface area contributed by atoms with Gasteiger partial charge >= 0.3 is 0 Å². The van der Waals surface area contributed by atoms with Gasteiger partial charge in [-0.15, -0.1) is 0 Å². The summed E-state index contributed by atoms with van der Waals surface area (Å²) in [5.41, 5.74) is 9.78. The molecule has 0 unspecified atom stereocenters. The van der Waals surface area contributed by atoms with E-state index in [2.05, 4.69) is 113 Å². The molecule has 45 heavy (non-hydrogen) atoms. The summed E-state index contributed by atoms with van der Waals surface area (Å²) in [6.07, 6.45) is 2.32. The van der Waals surface area contributed by atoms with Gasteiger partial charge in [-0.2, -0.15) is 0 Å². The van der Waals surface area contributed by atoms with Crippen LogP contribution >= 0.6 is 0 Å². The number of aromatic nitrogens is 3. The maximum absolute atomic E-state index is 6.42. The SMILES string of the molecule is CC1(C)CCC(C)(C)c2cc(-c3nc(-c4ccc(-c5ccccc5)cc4)nc(-c4cccc5c4oc4ccccc45)n3)ccc21. The van der Waals surface area contributed by atoms with E-state index < -0.39 is 0 Å². The fourth-order valence-electron chi connectivity index (χ4n) is 6.85. The summed E-state index contributed by atoms with van der Waals surface area (Å²) in [5.74, 6) is 1.90. The zero-order valence-electron chi connectivity index (χ0n) is 26.1. The first-order valence-electron chi connectivity index (χ1n) is 15.7. The lowest BCUT2D eigenvalue weighted by Crippen LogP contribution is -2.33. The molecular formula is C41H35N3O. The Kier molecular flexibility index (Phi) is 6.25. The largest absolute Gasteiger partial charge is 0.455 e. The molecule has 5 aromatic carbocycles. The van der Waals surface area contributed by atoms with Crippen LogP contribution in [0.5, 0.6) is 0 Å². The summed E-state index contributed by atoms with van der Waals surface area (Å²) >= 11 is 0. The molecule has 220 valence electrons. The van der Waals surface area contributed by atoms with E-state index in [4.69, 9.17) is 19.4 Å². The number of hydrogen-bond acceptors (Lipinski definition) is 4. The van der Waals surface area contributed by atoms with Crippen molar-refractivity contribution in [2.45, 2.75) is 51.4 Å². The van der Waals surface area contributed by atoms with Crippen molar-refractivity contribution in [1.82, 2.24) is 15.0 Å². The summed E-state index contributed by atoms with van der Waals surface area (Å²) in [5, 5.41) is 2.14. The molecule has 1 aliphatic carbocycles. The van der Waals surface area contributed by atoms with E-state index in [0.29, 0.717) is 17.5 Å². The fraction of sp³-hybridized carbons (Fsp3) is 0.195. The van der Waals surface area contributed by atoms with E-state index in [0.717, 1.165) is 50.6 Å². The lowest BCUT2D eigenvalue weighted by molar-refractivity contribution is 0.332. The Hall–Kier alpha value is -5.09. The summed E-state index contributed by atoms with van der Waals surface area (Å²) in [7, 11) is 0. The Morgan fingerprint density at radius 1 is 0.489 bits per heavy atom. The van der Waals surface area contributed by atoms with Crippen molar-refractivity contribution in [3.05, 3.63) is 126 Å². The number of benzene rings is 5. The van der Waals surface area contributed by atoms with Gasteiger partial charge in [-0.1, -0.05) is 125 Å². The van der Waals surface area contributed by atoms with Crippen LogP contribution in [0.1, 0.15) is 51.7 Å². The van der Waals surface area contributed by atoms with Crippen LogP contribution in [0.3, 0.4) is 0 Å². The smallest absolute Gasteiger partial charge is 0.167 e. The molecule has 8 rings (SSSR count). The van der Waals surface area contributed by atoms with E-state index >= 15 is 0 Å². The molecule has 0 atom stereocenters. The second-order valence-corrected chi connectivity index (χ2v) is 13.6. The summed E-state index contributed by atoms with van der Waals surface area (Å²) in [4.78, 5) is 15.3. The molecule has 2 heterocycles. The maximum atomic E-state index is 6.42. The molecule has 0 amide bonds. The fourth-order valence-corrected chi connectivity index (χ4v) is 6.85.